The van der Waals surface area contributed by atoms with Gasteiger partial charge in [-0.15, -0.1) is 11.3 Å². The smallest absolute Gasteiger partial charge is 0.241 e. The van der Waals surface area contributed by atoms with Gasteiger partial charge in [-0.3, -0.25) is 4.79 Å². The van der Waals surface area contributed by atoms with Crippen molar-refractivity contribution in [2.24, 2.45) is 0 Å². The molecular weight excluding hydrogens is 286 g/mol. The molecule has 2 unspecified atom stereocenters. The molecule has 1 aliphatic heterocycles. The third kappa shape index (κ3) is 3.07. The summed E-state index contributed by atoms with van der Waals surface area (Å²) < 4.78 is 1.08. The highest BCUT2D eigenvalue weighted by Gasteiger charge is 2.28. The Morgan fingerprint density at radius 3 is 3.00 bits per heavy atom. The maximum Gasteiger partial charge on any atom is 0.241 e. The van der Waals surface area contributed by atoms with Crippen molar-refractivity contribution >= 4 is 33.1 Å². The first-order valence-corrected chi connectivity index (χ1v) is 7.97. The maximum absolute atomic E-state index is 12.1. The van der Waals surface area contributed by atoms with Crippen LogP contribution in [-0.2, 0) is 4.79 Å². The number of aromatic nitrogens is 1. The van der Waals surface area contributed by atoms with E-state index in [1.165, 1.54) is 0 Å². The average Bonchev–Trinajstić information content (AvgIpc) is 3.04. The molecule has 2 heterocycles. The number of amides is 1. The summed E-state index contributed by atoms with van der Waals surface area (Å²) in [5, 5.41) is 16.5. The van der Waals surface area contributed by atoms with Crippen LogP contribution in [0.4, 0.5) is 5.69 Å². The van der Waals surface area contributed by atoms with E-state index in [0.717, 1.165) is 20.9 Å². The van der Waals surface area contributed by atoms with Crippen molar-refractivity contribution in [2.75, 3.05) is 11.9 Å². The van der Waals surface area contributed by atoms with Crippen molar-refractivity contribution in [1.82, 2.24) is 10.3 Å². The van der Waals surface area contributed by atoms with Crippen molar-refractivity contribution in [1.29, 1.82) is 0 Å². The van der Waals surface area contributed by atoms with Crippen molar-refractivity contribution < 1.29 is 9.90 Å². The minimum atomic E-state index is -0.432. The lowest BCUT2D eigenvalue weighted by molar-refractivity contribution is -0.117. The second-order valence-corrected chi connectivity index (χ2v) is 6.79. The fourth-order valence-corrected chi connectivity index (χ4v) is 3.42. The number of carbonyl (C=O) groups excluding carboxylic acids is 1. The number of anilines is 1. The summed E-state index contributed by atoms with van der Waals surface area (Å²) in [5.74, 6) is 0.309. The van der Waals surface area contributed by atoms with E-state index >= 15 is 0 Å². The van der Waals surface area contributed by atoms with Gasteiger partial charge in [0, 0.05) is 18.2 Å². The Labute approximate surface area is 127 Å². The van der Waals surface area contributed by atoms with Gasteiger partial charge in [0.2, 0.25) is 5.91 Å². The van der Waals surface area contributed by atoms with Gasteiger partial charge in [-0.05, 0) is 24.6 Å². The lowest BCUT2D eigenvalue weighted by atomic mass is 10.2. The Hall–Kier alpha value is -1.50. The molecule has 1 amide bonds. The number of aliphatic hydroxyl groups excluding tert-OH is 1. The average molecular weight is 305 g/mol. The number of hydrogen-bond acceptors (Lipinski definition) is 5. The number of hydrogen-bond donors (Lipinski definition) is 3. The summed E-state index contributed by atoms with van der Waals surface area (Å²) in [6, 6.07) is 5.45. The van der Waals surface area contributed by atoms with Crippen LogP contribution >= 0.6 is 11.3 Å². The van der Waals surface area contributed by atoms with Crippen LogP contribution in [0.3, 0.4) is 0 Å². The van der Waals surface area contributed by atoms with E-state index < -0.39 is 6.10 Å². The zero-order valence-corrected chi connectivity index (χ0v) is 12.9. The van der Waals surface area contributed by atoms with Crippen molar-refractivity contribution in [2.45, 2.75) is 38.3 Å². The van der Waals surface area contributed by atoms with Gasteiger partial charge in [0.05, 0.1) is 27.4 Å². The topological polar surface area (TPSA) is 74.2 Å². The van der Waals surface area contributed by atoms with Crippen LogP contribution in [0.25, 0.3) is 10.2 Å². The first kappa shape index (κ1) is 14.4. The normalized spacial score (nSPS) is 22.1. The second-order valence-electron chi connectivity index (χ2n) is 5.73. The Bertz CT molecular complexity index is 668. The van der Waals surface area contributed by atoms with Gasteiger partial charge in [0.15, 0.2) is 0 Å². The van der Waals surface area contributed by atoms with E-state index in [2.05, 4.69) is 29.5 Å². The molecule has 2 atom stereocenters. The van der Waals surface area contributed by atoms with Crippen LogP contribution < -0.4 is 10.6 Å². The van der Waals surface area contributed by atoms with Crippen LogP contribution in [0.1, 0.15) is 31.2 Å². The molecule has 1 fully saturated rings. The molecule has 0 bridgehead atoms. The quantitative estimate of drug-likeness (QED) is 0.811. The molecule has 3 rings (SSSR count). The largest absolute Gasteiger partial charge is 0.392 e. The molecule has 1 aliphatic rings. The van der Waals surface area contributed by atoms with Crippen LogP contribution in [0.2, 0.25) is 0 Å². The fraction of sp³-hybridized carbons (Fsp3) is 0.467. The minimum Gasteiger partial charge on any atom is -0.392 e. The van der Waals surface area contributed by atoms with E-state index in [4.69, 9.17) is 0 Å². The Kier molecular flexibility index (Phi) is 3.93. The highest BCUT2D eigenvalue weighted by molar-refractivity contribution is 7.18. The van der Waals surface area contributed by atoms with Gasteiger partial charge in [0.25, 0.3) is 0 Å². The van der Waals surface area contributed by atoms with E-state index in [-0.39, 0.29) is 11.9 Å². The first-order valence-electron chi connectivity index (χ1n) is 7.15. The Balaban J connectivity index is 1.76. The van der Waals surface area contributed by atoms with E-state index in [1.54, 1.807) is 11.3 Å². The van der Waals surface area contributed by atoms with E-state index in [9.17, 15) is 9.90 Å². The van der Waals surface area contributed by atoms with Crippen molar-refractivity contribution in [3.63, 3.8) is 0 Å². The lowest BCUT2D eigenvalue weighted by Gasteiger charge is -2.10. The van der Waals surface area contributed by atoms with Crippen molar-refractivity contribution in [3.8, 4) is 0 Å². The monoisotopic (exact) mass is 305 g/mol. The third-order valence-corrected chi connectivity index (χ3v) is 4.91. The number of thiazole rings is 1. The number of carbonyl (C=O) groups is 1. The van der Waals surface area contributed by atoms with Crippen LogP contribution in [0.5, 0.6) is 0 Å². The highest BCUT2D eigenvalue weighted by Crippen LogP contribution is 2.29. The zero-order chi connectivity index (χ0) is 15.0. The molecule has 1 saturated heterocycles. The molecule has 112 valence electrons. The fourth-order valence-electron chi connectivity index (χ4n) is 2.41. The number of fused-ring (bicyclic) bond motifs is 1. The number of nitrogens with one attached hydrogen (secondary N) is 2. The summed E-state index contributed by atoms with van der Waals surface area (Å²) in [7, 11) is 0. The second kappa shape index (κ2) is 5.71. The highest BCUT2D eigenvalue weighted by atomic mass is 32.1. The third-order valence-electron chi connectivity index (χ3n) is 3.59. The molecule has 2 aromatic rings. The van der Waals surface area contributed by atoms with Crippen LogP contribution in [-0.4, -0.2) is 34.7 Å². The summed E-state index contributed by atoms with van der Waals surface area (Å²) in [5.41, 5.74) is 1.74. The minimum absolute atomic E-state index is 0.0977. The molecule has 0 saturated carbocycles. The number of aliphatic hydroxyl groups is 1. The summed E-state index contributed by atoms with van der Waals surface area (Å²) >= 11 is 1.66. The summed E-state index contributed by atoms with van der Waals surface area (Å²) in [6.07, 6.45) is 0.0323. The van der Waals surface area contributed by atoms with Crippen molar-refractivity contribution in [3.05, 3.63) is 23.2 Å². The molecule has 6 heteroatoms. The van der Waals surface area contributed by atoms with E-state index in [0.29, 0.717) is 18.9 Å². The number of rotatable bonds is 3. The SMILES string of the molecule is CC(C)c1nc2ccc(NC(=O)C3CC(O)CN3)cc2s1. The lowest BCUT2D eigenvalue weighted by Crippen LogP contribution is -2.35. The molecule has 0 aliphatic carbocycles. The molecule has 0 spiro atoms. The van der Waals surface area contributed by atoms with Gasteiger partial charge >= 0.3 is 0 Å². The van der Waals surface area contributed by atoms with E-state index in [1.807, 2.05) is 18.2 Å². The molecule has 5 nitrogen and oxygen atoms in total. The summed E-state index contributed by atoms with van der Waals surface area (Å²) in [4.78, 5) is 16.7. The first-order chi connectivity index (χ1) is 10.0. The van der Waals surface area contributed by atoms with Gasteiger partial charge in [-0.25, -0.2) is 4.98 Å². The molecular formula is C15H19N3O2S. The molecule has 0 radical (unpaired) electrons. The zero-order valence-electron chi connectivity index (χ0n) is 12.1. The van der Waals surface area contributed by atoms with Crippen LogP contribution in [0.15, 0.2) is 18.2 Å². The molecule has 3 N–H and O–H groups in total. The Morgan fingerprint density at radius 1 is 1.52 bits per heavy atom. The summed E-state index contributed by atoms with van der Waals surface area (Å²) in [6.45, 7) is 4.72. The van der Waals surface area contributed by atoms with Gasteiger partial charge < -0.3 is 15.7 Å². The van der Waals surface area contributed by atoms with Gasteiger partial charge in [-0.2, -0.15) is 0 Å². The standard InChI is InChI=1S/C15H19N3O2S/c1-8(2)15-18-11-4-3-9(5-13(11)21-15)17-14(20)12-6-10(19)7-16-12/h3-5,8,10,12,16,19H,6-7H2,1-2H3,(H,17,20). The predicted octanol–water partition coefficient (Wildman–Crippen LogP) is 2.08. The number of nitrogens with zero attached hydrogens (tertiary/aromatic N) is 1. The van der Waals surface area contributed by atoms with Gasteiger partial charge in [0.1, 0.15) is 0 Å². The molecule has 1 aromatic carbocycles. The maximum atomic E-state index is 12.1. The number of benzene rings is 1. The van der Waals surface area contributed by atoms with Crippen LogP contribution in [0, 0.1) is 0 Å². The van der Waals surface area contributed by atoms with Gasteiger partial charge in [-0.1, -0.05) is 13.8 Å². The Morgan fingerprint density at radius 2 is 2.33 bits per heavy atom. The predicted molar refractivity (Wildman–Crippen MR) is 84.8 cm³/mol. The number of β-amino-alcohol motifs (C(OH)–C–C–N with tert-alkyl or cyclic N) is 1. The molecule has 1 aromatic heterocycles. The molecule has 21 heavy (non-hydrogen) atoms.